The molecule has 0 saturated carbocycles. The third kappa shape index (κ3) is 3.02. The number of anilines is 1. The monoisotopic (exact) mass is 401 g/mol. The predicted octanol–water partition coefficient (Wildman–Crippen LogP) is 3.15. The molecule has 2 aromatic rings. The lowest BCUT2D eigenvalue weighted by Crippen LogP contribution is -2.19. The number of nitrogens with two attached hydrogens (primary N) is 1. The van der Waals surface area contributed by atoms with Crippen molar-refractivity contribution in [3.05, 3.63) is 50.8 Å². The zero-order valence-corrected chi connectivity index (χ0v) is 13.1. The zero-order valence-electron chi connectivity index (χ0n) is 9.93. The van der Waals surface area contributed by atoms with Crippen molar-refractivity contribution in [2.24, 2.45) is 10.9 Å². The van der Waals surface area contributed by atoms with Crippen LogP contribution in [0.5, 0.6) is 0 Å². The molecule has 0 radical (unpaired) electrons. The van der Waals surface area contributed by atoms with Crippen LogP contribution < -0.4 is 11.1 Å². The van der Waals surface area contributed by atoms with Crippen molar-refractivity contribution in [2.75, 3.05) is 5.32 Å². The first-order valence-corrected chi connectivity index (χ1v) is 6.93. The van der Waals surface area contributed by atoms with E-state index in [9.17, 15) is 4.79 Å². The summed E-state index contributed by atoms with van der Waals surface area (Å²) < 4.78 is 6.08. The van der Waals surface area contributed by atoms with Crippen molar-refractivity contribution >= 4 is 49.3 Å². The van der Waals surface area contributed by atoms with Gasteiger partial charge in [0, 0.05) is 10.0 Å². The minimum atomic E-state index is -0.379. The number of carbonyl (C=O) groups is 1. The second kappa shape index (κ2) is 6.10. The molecule has 0 atom stereocenters. The number of oxime groups is 1. The Kier molecular flexibility index (Phi) is 4.46. The van der Waals surface area contributed by atoms with Crippen LogP contribution in [0.4, 0.5) is 5.69 Å². The van der Waals surface area contributed by atoms with E-state index in [1.165, 1.54) is 12.3 Å². The summed E-state index contributed by atoms with van der Waals surface area (Å²) in [7, 11) is 0. The van der Waals surface area contributed by atoms with E-state index < -0.39 is 0 Å². The molecule has 1 amide bonds. The molecule has 6 nitrogen and oxygen atoms in total. The first kappa shape index (κ1) is 14.6. The highest BCUT2D eigenvalue weighted by Crippen LogP contribution is 2.24. The lowest BCUT2D eigenvalue weighted by molar-refractivity contribution is 0.102. The third-order valence-electron chi connectivity index (χ3n) is 2.48. The molecule has 0 spiro atoms. The van der Waals surface area contributed by atoms with Crippen molar-refractivity contribution in [3.8, 4) is 0 Å². The lowest BCUT2D eigenvalue weighted by atomic mass is 10.1. The van der Waals surface area contributed by atoms with Crippen LogP contribution in [0.25, 0.3) is 0 Å². The largest absolute Gasteiger partial charge is 0.457 e. The van der Waals surface area contributed by atoms with Gasteiger partial charge in [0.1, 0.15) is 0 Å². The van der Waals surface area contributed by atoms with Crippen LogP contribution in [0.15, 0.2) is 49.2 Å². The Morgan fingerprint density at radius 1 is 1.30 bits per heavy atom. The molecular weight excluding hydrogens is 394 g/mol. The van der Waals surface area contributed by atoms with Gasteiger partial charge in [0.15, 0.2) is 10.5 Å². The number of nitrogens with one attached hydrogen (secondary N) is 1. The summed E-state index contributed by atoms with van der Waals surface area (Å²) in [6.45, 7) is 0. The van der Waals surface area contributed by atoms with Gasteiger partial charge >= 0.3 is 0 Å². The molecular formula is C12H9Br2N3O3. The molecule has 8 heteroatoms. The topological polar surface area (TPSA) is 101 Å². The maximum absolute atomic E-state index is 12.1. The fraction of sp³-hybridized carbons (Fsp3) is 0. The molecule has 0 bridgehead atoms. The second-order valence-electron chi connectivity index (χ2n) is 3.74. The summed E-state index contributed by atoms with van der Waals surface area (Å²) in [5, 5.41) is 14.4. The van der Waals surface area contributed by atoms with Crippen molar-refractivity contribution in [1.29, 1.82) is 0 Å². The standard InChI is InChI=1S/C12H9Br2N3O3/c13-6-1-2-7(11(15)17-19)9(5-6)16-12(18)8-3-4-20-10(8)14/h1-5,19H,(H2,15,17)(H,16,18). The number of amides is 1. The van der Waals surface area contributed by atoms with Crippen LogP contribution in [-0.2, 0) is 0 Å². The van der Waals surface area contributed by atoms with Gasteiger partial charge < -0.3 is 20.7 Å². The number of hydrogen-bond acceptors (Lipinski definition) is 4. The van der Waals surface area contributed by atoms with Crippen LogP contribution >= 0.6 is 31.9 Å². The van der Waals surface area contributed by atoms with E-state index in [0.29, 0.717) is 21.5 Å². The van der Waals surface area contributed by atoms with Crippen LogP contribution in [-0.4, -0.2) is 17.0 Å². The smallest absolute Gasteiger partial charge is 0.260 e. The molecule has 0 aliphatic carbocycles. The summed E-state index contributed by atoms with van der Waals surface area (Å²) in [6, 6.07) is 6.52. The Balaban J connectivity index is 2.36. The highest BCUT2D eigenvalue weighted by Gasteiger charge is 2.16. The Bertz CT molecular complexity index is 682. The van der Waals surface area contributed by atoms with Gasteiger partial charge in [-0.3, -0.25) is 4.79 Å². The van der Waals surface area contributed by atoms with Gasteiger partial charge in [-0.1, -0.05) is 21.1 Å². The number of nitrogens with zero attached hydrogens (tertiary/aromatic N) is 1. The van der Waals surface area contributed by atoms with Gasteiger partial charge in [-0.05, 0) is 40.2 Å². The minimum absolute atomic E-state index is 0.0981. The number of rotatable bonds is 3. The van der Waals surface area contributed by atoms with E-state index in [4.69, 9.17) is 15.4 Å². The number of benzene rings is 1. The van der Waals surface area contributed by atoms with Gasteiger partial charge in [0.2, 0.25) is 0 Å². The number of furan rings is 1. The summed E-state index contributed by atoms with van der Waals surface area (Å²) in [4.78, 5) is 12.1. The van der Waals surface area contributed by atoms with Crippen molar-refractivity contribution < 1.29 is 14.4 Å². The van der Waals surface area contributed by atoms with Gasteiger partial charge in [0.25, 0.3) is 5.91 Å². The molecule has 0 saturated heterocycles. The molecule has 2 rings (SSSR count). The summed E-state index contributed by atoms with van der Waals surface area (Å²) in [5.74, 6) is -0.477. The van der Waals surface area contributed by atoms with E-state index in [-0.39, 0.29) is 11.7 Å². The van der Waals surface area contributed by atoms with Gasteiger partial charge in [-0.25, -0.2) is 0 Å². The van der Waals surface area contributed by atoms with Crippen molar-refractivity contribution in [3.63, 3.8) is 0 Å². The molecule has 1 aromatic heterocycles. The summed E-state index contributed by atoms with van der Waals surface area (Å²) in [6.07, 6.45) is 1.39. The number of halogens is 2. The zero-order chi connectivity index (χ0) is 14.7. The molecule has 0 unspecified atom stereocenters. The van der Waals surface area contributed by atoms with Gasteiger partial charge in [0.05, 0.1) is 17.5 Å². The quantitative estimate of drug-likeness (QED) is 0.317. The number of amidine groups is 1. The molecule has 4 N–H and O–H groups in total. The molecule has 1 heterocycles. The Labute approximate surface area is 130 Å². The molecule has 0 aliphatic heterocycles. The molecule has 104 valence electrons. The first-order valence-electron chi connectivity index (χ1n) is 5.34. The average molecular weight is 403 g/mol. The first-order chi connectivity index (χ1) is 9.52. The fourth-order valence-corrected chi connectivity index (χ4v) is 2.32. The van der Waals surface area contributed by atoms with Crippen LogP contribution in [0.2, 0.25) is 0 Å². The fourth-order valence-electron chi connectivity index (χ4n) is 1.54. The summed E-state index contributed by atoms with van der Waals surface area (Å²) in [5.41, 5.74) is 6.73. The summed E-state index contributed by atoms with van der Waals surface area (Å²) >= 11 is 6.43. The lowest BCUT2D eigenvalue weighted by Gasteiger charge is -2.10. The van der Waals surface area contributed by atoms with Crippen molar-refractivity contribution in [2.45, 2.75) is 0 Å². The maximum atomic E-state index is 12.1. The number of carbonyl (C=O) groups excluding carboxylic acids is 1. The van der Waals surface area contributed by atoms with E-state index in [2.05, 4.69) is 42.3 Å². The Hall–Kier alpha value is -1.80. The molecule has 20 heavy (non-hydrogen) atoms. The van der Waals surface area contributed by atoms with E-state index in [1.807, 2.05) is 0 Å². The minimum Gasteiger partial charge on any atom is -0.457 e. The van der Waals surface area contributed by atoms with Crippen LogP contribution in [0.1, 0.15) is 15.9 Å². The predicted molar refractivity (Wildman–Crippen MR) is 81.0 cm³/mol. The highest BCUT2D eigenvalue weighted by molar-refractivity contribution is 9.10. The Morgan fingerprint density at radius 2 is 2.05 bits per heavy atom. The van der Waals surface area contributed by atoms with Crippen molar-refractivity contribution in [1.82, 2.24) is 0 Å². The maximum Gasteiger partial charge on any atom is 0.260 e. The Morgan fingerprint density at radius 3 is 2.65 bits per heavy atom. The van der Waals surface area contributed by atoms with Crippen LogP contribution in [0.3, 0.4) is 0 Å². The highest BCUT2D eigenvalue weighted by atomic mass is 79.9. The molecule has 0 aliphatic rings. The second-order valence-corrected chi connectivity index (χ2v) is 5.37. The van der Waals surface area contributed by atoms with E-state index in [0.717, 1.165) is 4.47 Å². The normalized spacial score (nSPS) is 11.4. The van der Waals surface area contributed by atoms with E-state index >= 15 is 0 Å². The molecule has 1 aromatic carbocycles. The average Bonchev–Trinajstić information content (AvgIpc) is 2.84. The molecule has 0 fully saturated rings. The SMILES string of the molecule is N/C(=N/O)c1ccc(Br)cc1NC(=O)c1ccoc1Br. The van der Waals surface area contributed by atoms with E-state index in [1.54, 1.807) is 18.2 Å². The van der Waals surface area contributed by atoms with Gasteiger partial charge in [-0.2, -0.15) is 0 Å². The van der Waals surface area contributed by atoms with Crippen LogP contribution in [0, 0.1) is 0 Å². The van der Waals surface area contributed by atoms with Gasteiger partial charge in [-0.15, -0.1) is 0 Å². The third-order valence-corrected chi connectivity index (χ3v) is 3.58. The number of hydrogen-bond donors (Lipinski definition) is 3.